The van der Waals surface area contributed by atoms with Crippen LogP contribution in [0.2, 0.25) is 0 Å². The number of anilines is 1. The minimum Gasteiger partial charge on any atom is -0.340 e. The van der Waals surface area contributed by atoms with Crippen LogP contribution >= 0.6 is 0 Å². The molecule has 4 aromatic rings. The summed E-state index contributed by atoms with van der Waals surface area (Å²) < 4.78 is 40.5. The Labute approximate surface area is 224 Å². The summed E-state index contributed by atoms with van der Waals surface area (Å²) in [6, 6.07) is 22.6. The molecule has 0 saturated heterocycles. The lowest BCUT2D eigenvalue weighted by molar-refractivity contribution is -0.137. The number of carbonyl (C=O) groups is 2. The van der Waals surface area contributed by atoms with Crippen molar-refractivity contribution in [2.45, 2.75) is 32.1 Å². The zero-order chi connectivity index (χ0) is 28.0. The van der Waals surface area contributed by atoms with Crippen molar-refractivity contribution in [3.63, 3.8) is 0 Å². The Morgan fingerprint density at radius 1 is 1.03 bits per heavy atom. The number of fused-ring (bicyclic) bond motifs is 1. The average molecular weight is 536 g/mol. The number of carbonyl (C=O) groups excluding carboxylic acids is 2. The number of hydrogen-bond donors (Lipinski definition) is 2. The van der Waals surface area contributed by atoms with Crippen molar-refractivity contribution in [3.05, 3.63) is 113 Å². The molecule has 39 heavy (non-hydrogen) atoms. The normalized spacial score (nSPS) is 14.7. The fourth-order valence-corrected chi connectivity index (χ4v) is 4.28. The average Bonchev–Trinajstić information content (AvgIpc) is 3.38. The third-order valence-corrected chi connectivity index (χ3v) is 6.21. The van der Waals surface area contributed by atoms with E-state index in [1.54, 1.807) is 17.8 Å². The topological polar surface area (TPSA) is 93.2 Å². The number of nitrogens with one attached hydrogen (secondary N) is 1. The summed E-state index contributed by atoms with van der Waals surface area (Å²) in [4.78, 5) is 27.2. The van der Waals surface area contributed by atoms with Crippen molar-refractivity contribution < 1.29 is 22.8 Å². The van der Waals surface area contributed by atoms with E-state index in [-0.39, 0.29) is 17.9 Å². The monoisotopic (exact) mass is 535 g/mol. The fourth-order valence-electron chi connectivity index (χ4n) is 4.28. The van der Waals surface area contributed by atoms with Crippen molar-refractivity contribution in [2.75, 3.05) is 11.4 Å². The lowest BCUT2D eigenvalue weighted by atomic mass is 10.0. The molecule has 0 saturated carbocycles. The highest BCUT2D eigenvalue weighted by molar-refractivity contribution is 6.04. The van der Waals surface area contributed by atoms with Gasteiger partial charge < -0.3 is 11.1 Å². The molecule has 0 aliphatic carbocycles. The molecular weight excluding hydrogens is 507 g/mol. The maximum Gasteiger partial charge on any atom is 0.416 e. The Hall–Kier alpha value is -4.44. The van der Waals surface area contributed by atoms with E-state index < -0.39 is 23.7 Å². The van der Waals surface area contributed by atoms with Crippen LogP contribution in [0.15, 0.2) is 91.1 Å². The summed E-state index contributed by atoms with van der Waals surface area (Å²) in [7, 11) is 0. The molecule has 0 fully saturated rings. The van der Waals surface area contributed by atoms with E-state index in [1.165, 1.54) is 22.6 Å². The lowest BCUT2D eigenvalue weighted by Gasteiger charge is -2.32. The fraction of sp³-hybridized carbons (Fsp3) is 0.207. The van der Waals surface area contributed by atoms with E-state index in [1.807, 2.05) is 60.7 Å². The van der Waals surface area contributed by atoms with Crippen LogP contribution in [0.3, 0.4) is 0 Å². The molecule has 1 atom stereocenters. The first kappa shape index (κ1) is 27.6. The first-order valence-electron chi connectivity index (χ1n) is 12.4. The summed E-state index contributed by atoms with van der Waals surface area (Å²) >= 11 is 0. The van der Waals surface area contributed by atoms with E-state index in [0.29, 0.717) is 18.9 Å². The molecule has 0 spiro atoms. The van der Waals surface area contributed by atoms with Gasteiger partial charge in [-0.25, -0.2) is 4.68 Å². The van der Waals surface area contributed by atoms with Gasteiger partial charge in [0.15, 0.2) is 0 Å². The summed E-state index contributed by atoms with van der Waals surface area (Å²) in [5, 5.41) is 6.98. The zero-order valence-electron chi connectivity index (χ0n) is 21.2. The van der Waals surface area contributed by atoms with Crippen LogP contribution in [0.5, 0.6) is 0 Å². The Balaban J connectivity index is 0.000000379. The molecule has 10 heteroatoms. The molecule has 3 N–H and O–H groups in total. The molecule has 2 heterocycles. The van der Waals surface area contributed by atoms with Gasteiger partial charge in [0.25, 0.3) is 11.8 Å². The summed E-state index contributed by atoms with van der Waals surface area (Å²) in [6.07, 6.45) is -2.72. The number of nitrogens with two attached hydrogens (primary N) is 1. The van der Waals surface area contributed by atoms with Gasteiger partial charge in [0.1, 0.15) is 11.9 Å². The van der Waals surface area contributed by atoms with Crippen molar-refractivity contribution in [3.8, 4) is 5.69 Å². The number of amides is 2. The van der Waals surface area contributed by atoms with Gasteiger partial charge in [0.2, 0.25) is 0 Å². The largest absolute Gasteiger partial charge is 0.416 e. The van der Waals surface area contributed by atoms with Crippen LogP contribution in [0, 0.1) is 0 Å². The van der Waals surface area contributed by atoms with Crippen molar-refractivity contribution >= 4 is 17.6 Å². The molecular formula is C29H28F3N5O2. The van der Waals surface area contributed by atoms with Crippen LogP contribution in [-0.4, -0.2) is 34.2 Å². The van der Waals surface area contributed by atoms with Crippen molar-refractivity contribution in [1.29, 1.82) is 0 Å². The standard InChI is InChI=1S/C22H19F3N4O2.C7H9N/c1-2-28-20-15(13-26-29(20)17-9-4-3-5-10-17)12-18(21(28)31)27-19(30)14-7-6-8-16(11-14)22(23,24)25;8-6-7-4-2-1-3-5-7/h3-11,13,18H,2,12H2,1H3,(H,27,30);1-5H,6,8H2. The minimum atomic E-state index is -4.56. The number of halogens is 3. The molecule has 5 rings (SSSR count). The zero-order valence-corrected chi connectivity index (χ0v) is 21.2. The Morgan fingerprint density at radius 3 is 2.28 bits per heavy atom. The molecule has 1 aliphatic heterocycles. The highest BCUT2D eigenvalue weighted by Crippen LogP contribution is 2.31. The number of benzene rings is 3. The van der Waals surface area contributed by atoms with Crippen LogP contribution < -0.4 is 16.0 Å². The van der Waals surface area contributed by atoms with Crippen molar-refractivity contribution in [1.82, 2.24) is 15.1 Å². The van der Waals surface area contributed by atoms with Crippen LogP contribution in [-0.2, 0) is 23.9 Å². The predicted octanol–water partition coefficient (Wildman–Crippen LogP) is 4.74. The smallest absolute Gasteiger partial charge is 0.340 e. The predicted molar refractivity (Wildman–Crippen MR) is 142 cm³/mol. The number of hydrogen-bond acceptors (Lipinski definition) is 4. The number of aromatic nitrogens is 2. The summed E-state index contributed by atoms with van der Waals surface area (Å²) in [5.41, 5.74) is 7.02. The van der Waals surface area contributed by atoms with E-state index in [9.17, 15) is 22.8 Å². The molecule has 0 bridgehead atoms. The molecule has 1 aliphatic rings. The van der Waals surface area contributed by atoms with Gasteiger partial charge in [0.05, 0.1) is 17.4 Å². The summed E-state index contributed by atoms with van der Waals surface area (Å²) in [5.74, 6) is -0.448. The second kappa shape index (κ2) is 12.0. The first-order chi connectivity index (χ1) is 18.7. The third-order valence-electron chi connectivity index (χ3n) is 6.21. The van der Waals surface area contributed by atoms with Gasteiger partial charge in [0, 0.05) is 30.6 Å². The molecule has 3 aromatic carbocycles. The first-order valence-corrected chi connectivity index (χ1v) is 12.4. The maximum atomic E-state index is 13.1. The number of rotatable bonds is 5. The quantitative estimate of drug-likeness (QED) is 0.386. The van der Waals surface area contributed by atoms with Crippen molar-refractivity contribution in [2.24, 2.45) is 5.73 Å². The highest BCUT2D eigenvalue weighted by Gasteiger charge is 2.37. The number of nitrogens with zero attached hydrogens (tertiary/aromatic N) is 3. The second-order valence-electron chi connectivity index (χ2n) is 8.82. The SMILES string of the molecule is CCN1C(=O)C(NC(=O)c2cccc(C(F)(F)F)c2)Cc2cnn(-c3ccccc3)c21.NCc1ccccc1. The number of alkyl halides is 3. The van der Waals surface area contributed by atoms with Crippen LogP contribution in [0.4, 0.5) is 19.0 Å². The van der Waals surface area contributed by atoms with E-state index >= 15 is 0 Å². The Bertz CT molecular complexity index is 1420. The van der Waals surface area contributed by atoms with E-state index in [4.69, 9.17) is 5.73 Å². The third kappa shape index (κ3) is 6.35. The van der Waals surface area contributed by atoms with Crippen LogP contribution in [0.1, 0.15) is 34.0 Å². The van der Waals surface area contributed by atoms with Gasteiger partial charge >= 0.3 is 6.18 Å². The number of likely N-dealkylation sites (N-methyl/N-ethyl adjacent to an activating group) is 1. The van der Waals surface area contributed by atoms with Gasteiger partial charge in [-0.2, -0.15) is 18.3 Å². The Kier molecular flexibility index (Phi) is 8.46. The lowest BCUT2D eigenvalue weighted by Crippen LogP contribution is -2.53. The highest BCUT2D eigenvalue weighted by atomic mass is 19.4. The van der Waals surface area contributed by atoms with E-state index in [2.05, 4.69) is 10.4 Å². The van der Waals surface area contributed by atoms with E-state index in [0.717, 1.165) is 23.4 Å². The van der Waals surface area contributed by atoms with Gasteiger partial charge in [-0.05, 0) is 42.8 Å². The molecule has 1 aromatic heterocycles. The van der Waals surface area contributed by atoms with Gasteiger partial charge in [-0.3, -0.25) is 14.5 Å². The number of para-hydroxylation sites is 1. The minimum absolute atomic E-state index is 0.156. The molecule has 7 nitrogen and oxygen atoms in total. The molecule has 202 valence electrons. The maximum absolute atomic E-state index is 13.1. The molecule has 0 radical (unpaired) electrons. The van der Waals surface area contributed by atoms with Crippen LogP contribution in [0.25, 0.3) is 5.69 Å². The Morgan fingerprint density at radius 2 is 1.69 bits per heavy atom. The summed E-state index contributed by atoms with van der Waals surface area (Å²) in [6.45, 7) is 2.79. The van der Waals surface area contributed by atoms with Gasteiger partial charge in [-0.15, -0.1) is 0 Å². The second-order valence-corrected chi connectivity index (χ2v) is 8.82. The van der Waals surface area contributed by atoms with Gasteiger partial charge in [-0.1, -0.05) is 54.6 Å². The molecule has 1 unspecified atom stereocenters. The molecule has 2 amide bonds.